The SMILES string of the molecule is C=C(C)C.CC(C)(C)CCCCCCCC(C)(C)C.CC(C)(C)CCCCCCNCCCC(C)(C)C.CC=CC.CCC.CN(CCCC(C)(C)C)CCCC(C)(C)C. The van der Waals surface area contributed by atoms with E-state index >= 15 is 0 Å². The number of allylic oxidation sites excluding steroid dienone is 3. The Balaban J connectivity index is -0.000000162. The van der Waals surface area contributed by atoms with Crippen LogP contribution in [0.5, 0.6) is 0 Å². The Morgan fingerprint density at radius 1 is 0.400 bits per heavy atom. The van der Waals surface area contributed by atoms with Crippen molar-refractivity contribution in [3.63, 3.8) is 0 Å². The van der Waals surface area contributed by atoms with Gasteiger partial charge in [0.05, 0.1) is 0 Å². The van der Waals surface area contributed by atoms with E-state index in [0.29, 0.717) is 32.5 Å². The zero-order valence-corrected chi connectivity index (χ0v) is 47.6. The van der Waals surface area contributed by atoms with Crippen LogP contribution in [0.15, 0.2) is 24.3 Å². The molecule has 0 aromatic heterocycles. The second-order valence-corrected chi connectivity index (χ2v) is 25.7. The Bertz CT molecular complexity index is 799. The topological polar surface area (TPSA) is 15.3 Å². The predicted molar refractivity (Wildman–Crippen MR) is 287 cm³/mol. The maximum absolute atomic E-state index is 3.57. The molecular formula is C58H126N2. The van der Waals surface area contributed by atoms with Crippen LogP contribution in [0, 0.1) is 32.5 Å². The van der Waals surface area contributed by atoms with Gasteiger partial charge in [-0.15, -0.1) is 6.58 Å². The van der Waals surface area contributed by atoms with Crippen molar-refractivity contribution in [2.24, 2.45) is 32.5 Å². The lowest BCUT2D eigenvalue weighted by molar-refractivity contribution is 0.265. The van der Waals surface area contributed by atoms with Crippen molar-refractivity contribution >= 4 is 0 Å². The summed E-state index contributed by atoms with van der Waals surface area (Å²) in [4.78, 5) is 2.48. The molecule has 2 nitrogen and oxygen atoms in total. The van der Waals surface area contributed by atoms with Crippen LogP contribution in [0.4, 0.5) is 0 Å². The summed E-state index contributed by atoms with van der Waals surface area (Å²) in [6.07, 6.45) is 30.0. The third-order valence-corrected chi connectivity index (χ3v) is 9.43. The van der Waals surface area contributed by atoms with Gasteiger partial charge in [-0.05, 0) is 158 Å². The normalized spacial score (nSPS) is 12.2. The van der Waals surface area contributed by atoms with Crippen LogP contribution < -0.4 is 5.32 Å². The molecule has 0 saturated carbocycles. The largest absolute Gasteiger partial charge is 0.317 e. The van der Waals surface area contributed by atoms with E-state index in [1.807, 2.05) is 39.8 Å². The number of nitrogens with one attached hydrogen (secondary N) is 1. The highest BCUT2D eigenvalue weighted by Gasteiger charge is 2.13. The molecule has 2 heteroatoms. The zero-order valence-electron chi connectivity index (χ0n) is 47.6. The Labute approximate surface area is 387 Å². The van der Waals surface area contributed by atoms with Gasteiger partial charge in [0.1, 0.15) is 0 Å². The van der Waals surface area contributed by atoms with Gasteiger partial charge in [0.15, 0.2) is 0 Å². The summed E-state index contributed by atoms with van der Waals surface area (Å²) in [5.74, 6) is 0. The van der Waals surface area contributed by atoms with Gasteiger partial charge in [-0.3, -0.25) is 0 Å². The number of unbranched alkanes of at least 4 members (excludes halogenated alkanes) is 7. The first kappa shape index (κ1) is 71.0. The fourth-order valence-corrected chi connectivity index (χ4v) is 5.84. The van der Waals surface area contributed by atoms with Crippen LogP contribution in [-0.4, -0.2) is 38.1 Å². The molecule has 368 valence electrons. The van der Waals surface area contributed by atoms with Crippen LogP contribution in [0.2, 0.25) is 0 Å². The van der Waals surface area contributed by atoms with Crippen molar-refractivity contribution < 1.29 is 0 Å². The second kappa shape index (κ2) is 42.4. The van der Waals surface area contributed by atoms with Crippen molar-refractivity contribution in [3.05, 3.63) is 24.3 Å². The van der Waals surface area contributed by atoms with E-state index in [4.69, 9.17) is 0 Å². The summed E-state index contributed by atoms with van der Waals surface area (Å²) in [5.41, 5.74) is 4.23. The van der Waals surface area contributed by atoms with E-state index in [0.717, 1.165) is 0 Å². The van der Waals surface area contributed by atoms with Gasteiger partial charge >= 0.3 is 0 Å². The maximum atomic E-state index is 3.57. The Hall–Kier alpha value is -0.600. The summed E-state index contributed by atoms with van der Waals surface area (Å²) < 4.78 is 0. The van der Waals surface area contributed by atoms with E-state index in [1.54, 1.807) is 0 Å². The molecule has 0 bridgehead atoms. The molecule has 0 spiro atoms. The van der Waals surface area contributed by atoms with Gasteiger partial charge in [-0.1, -0.05) is 214 Å². The van der Waals surface area contributed by atoms with Gasteiger partial charge < -0.3 is 10.2 Å². The molecule has 0 amide bonds. The zero-order chi connectivity index (χ0) is 48.5. The first-order valence-corrected chi connectivity index (χ1v) is 25.7. The standard InChI is InChI=1S/C17H37N.C15H33N.C15H32.2C4H8.C3H8/c1-16(2,3)12-9-7-8-10-14-18-15-11-13-17(4,5)6;1-14(2,3)10-8-12-16(7)13-9-11-15(4,5)6;1-14(2,3)12-10-8-7-9-11-13-15(4,5)6;1-4(2)3;1-3-4-2;1-3-2/h18H,7-15H2,1-6H3;8-13H2,1-7H3;7-13H2,1-6H3;1H2,2-3H3;3-4H,1-2H3;3H2,1-2H3. The first-order valence-electron chi connectivity index (χ1n) is 25.7. The lowest BCUT2D eigenvalue weighted by Gasteiger charge is -2.23. The minimum atomic E-state index is 0.492. The minimum absolute atomic E-state index is 0.492. The summed E-state index contributed by atoms with van der Waals surface area (Å²) in [5, 5.41) is 3.57. The molecule has 0 rings (SSSR count). The maximum Gasteiger partial charge on any atom is -0.00216 e. The van der Waals surface area contributed by atoms with Gasteiger partial charge in [0.25, 0.3) is 0 Å². The lowest BCUT2D eigenvalue weighted by Crippen LogP contribution is -2.23. The fourth-order valence-electron chi connectivity index (χ4n) is 5.84. The minimum Gasteiger partial charge on any atom is -0.317 e. The molecule has 0 aliphatic rings. The summed E-state index contributed by atoms with van der Waals surface area (Å²) >= 11 is 0. The monoisotopic (exact) mass is 851 g/mol. The Morgan fingerprint density at radius 2 is 0.600 bits per heavy atom. The molecule has 0 aromatic rings. The number of nitrogens with zero attached hydrogens (tertiary/aromatic N) is 1. The van der Waals surface area contributed by atoms with Gasteiger partial charge in [0, 0.05) is 0 Å². The molecule has 0 aromatic carbocycles. The van der Waals surface area contributed by atoms with Crippen molar-refractivity contribution in [1.82, 2.24) is 10.2 Å². The Morgan fingerprint density at radius 3 is 0.850 bits per heavy atom. The molecule has 0 heterocycles. The van der Waals surface area contributed by atoms with Crippen LogP contribution in [-0.2, 0) is 0 Å². The molecule has 0 unspecified atom stereocenters. The molecule has 0 radical (unpaired) electrons. The lowest BCUT2D eigenvalue weighted by atomic mass is 9.88. The Kier molecular flexibility index (Phi) is 50.2. The molecule has 0 aliphatic carbocycles. The second-order valence-electron chi connectivity index (χ2n) is 25.7. The third kappa shape index (κ3) is 107. The molecule has 60 heavy (non-hydrogen) atoms. The number of rotatable bonds is 21. The van der Waals surface area contributed by atoms with Crippen molar-refractivity contribution in [3.8, 4) is 0 Å². The van der Waals surface area contributed by atoms with Gasteiger partial charge in [-0.25, -0.2) is 0 Å². The van der Waals surface area contributed by atoms with Crippen LogP contribution >= 0.6 is 0 Å². The summed E-state index contributed by atoms with van der Waals surface area (Å²) in [7, 11) is 2.26. The average Bonchev–Trinajstić information content (AvgIpc) is 3.03. The fraction of sp³-hybridized carbons (Fsp3) is 0.931. The molecule has 0 aliphatic heterocycles. The highest BCUT2D eigenvalue weighted by atomic mass is 15.1. The summed E-state index contributed by atoms with van der Waals surface area (Å²) in [6, 6.07) is 0. The van der Waals surface area contributed by atoms with Crippen LogP contribution in [0.1, 0.15) is 288 Å². The van der Waals surface area contributed by atoms with E-state index in [-0.39, 0.29) is 0 Å². The first-order chi connectivity index (χ1) is 27.1. The number of hydrogen-bond donors (Lipinski definition) is 1. The van der Waals surface area contributed by atoms with Crippen molar-refractivity contribution in [2.75, 3.05) is 33.2 Å². The molecule has 0 fully saturated rings. The quantitative estimate of drug-likeness (QED) is 0.0914. The highest BCUT2D eigenvalue weighted by Crippen LogP contribution is 2.26. The molecule has 1 N–H and O–H groups in total. The molecular weight excluding hydrogens is 725 g/mol. The smallest absolute Gasteiger partial charge is 0.00216 e. The van der Waals surface area contributed by atoms with Crippen molar-refractivity contribution in [2.45, 2.75) is 288 Å². The van der Waals surface area contributed by atoms with E-state index < -0.39 is 0 Å². The van der Waals surface area contributed by atoms with E-state index in [9.17, 15) is 0 Å². The highest BCUT2D eigenvalue weighted by molar-refractivity contribution is 4.79. The van der Waals surface area contributed by atoms with E-state index in [2.05, 4.69) is 162 Å². The molecule has 0 atom stereocenters. The summed E-state index contributed by atoms with van der Waals surface area (Å²) in [6.45, 7) is 62.6. The van der Waals surface area contributed by atoms with Crippen LogP contribution in [0.25, 0.3) is 0 Å². The third-order valence-electron chi connectivity index (χ3n) is 9.43. The average molecular weight is 852 g/mol. The van der Waals surface area contributed by atoms with Gasteiger partial charge in [0.2, 0.25) is 0 Å². The van der Waals surface area contributed by atoms with Crippen LogP contribution in [0.3, 0.4) is 0 Å². The van der Waals surface area contributed by atoms with Gasteiger partial charge in [-0.2, -0.15) is 0 Å². The predicted octanol–water partition coefficient (Wildman–Crippen LogP) is 20.4. The number of hydrogen-bond acceptors (Lipinski definition) is 2. The molecule has 0 saturated heterocycles. The van der Waals surface area contributed by atoms with E-state index in [1.165, 1.54) is 154 Å². The van der Waals surface area contributed by atoms with Crippen molar-refractivity contribution in [1.29, 1.82) is 0 Å².